The molecule has 0 fully saturated rings. The van der Waals surface area contributed by atoms with Crippen LogP contribution in [0.4, 0.5) is 5.69 Å². The zero-order chi connectivity index (χ0) is 14.6. The molecule has 0 saturated carbocycles. The lowest BCUT2D eigenvalue weighted by molar-refractivity contribution is 0.568. The fourth-order valence-electron chi connectivity index (χ4n) is 1.67. The van der Waals surface area contributed by atoms with Gasteiger partial charge in [0.15, 0.2) is 0 Å². The van der Waals surface area contributed by atoms with Crippen molar-refractivity contribution in [1.29, 1.82) is 0 Å². The van der Waals surface area contributed by atoms with Crippen molar-refractivity contribution < 1.29 is 12.8 Å². The third-order valence-corrected chi connectivity index (χ3v) is 4.27. The summed E-state index contributed by atoms with van der Waals surface area (Å²) < 4.78 is 31.3. The quantitative estimate of drug-likeness (QED) is 0.827. The fraction of sp³-hybridized carbons (Fsp3) is 0.333. The van der Waals surface area contributed by atoms with Crippen molar-refractivity contribution in [3.05, 3.63) is 30.2 Å². The van der Waals surface area contributed by atoms with Crippen LogP contribution >= 0.6 is 11.6 Å². The minimum atomic E-state index is -3.37. The number of aryl methyl sites for hydroxylation is 1. The Bertz CT molecular complexity index is 671. The van der Waals surface area contributed by atoms with Gasteiger partial charge in [-0.25, -0.2) is 8.42 Å². The van der Waals surface area contributed by atoms with Gasteiger partial charge < -0.3 is 4.42 Å². The molecule has 1 heterocycles. The summed E-state index contributed by atoms with van der Waals surface area (Å²) in [6.07, 6.45) is 1.66. The molecule has 8 heteroatoms. The lowest BCUT2D eigenvalue weighted by Gasteiger charge is -2.10. The van der Waals surface area contributed by atoms with Crippen LogP contribution < -0.4 is 4.72 Å². The number of rotatable bonds is 6. The van der Waals surface area contributed by atoms with Crippen molar-refractivity contribution in [3.63, 3.8) is 0 Å². The van der Waals surface area contributed by atoms with Crippen LogP contribution in [0.15, 0.2) is 29.0 Å². The minimum absolute atomic E-state index is 0.00134. The second-order valence-corrected chi connectivity index (χ2v) is 6.46. The van der Waals surface area contributed by atoms with Gasteiger partial charge in [0.1, 0.15) is 0 Å². The monoisotopic (exact) mass is 315 g/mol. The van der Waals surface area contributed by atoms with E-state index in [0.717, 1.165) is 11.1 Å². The lowest BCUT2D eigenvalue weighted by Crippen LogP contribution is -2.17. The van der Waals surface area contributed by atoms with E-state index < -0.39 is 10.0 Å². The summed E-state index contributed by atoms with van der Waals surface area (Å²) in [4.78, 5) is 0. The second-order valence-electron chi connectivity index (χ2n) is 4.24. The molecule has 0 radical (unpaired) electrons. The van der Waals surface area contributed by atoms with Gasteiger partial charge in [-0.05, 0) is 37.1 Å². The Balaban J connectivity index is 2.18. The van der Waals surface area contributed by atoms with Crippen molar-refractivity contribution in [1.82, 2.24) is 10.2 Å². The largest absolute Gasteiger partial charge is 0.423 e. The smallest absolute Gasteiger partial charge is 0.247 e. The Morgan fingerprint density at radius 3 is 2.80 bits per heavy atom. The molecule has 0 saturated heterocycles. The average Bonchev–Trinajstić information content (AvgIpc) is 2.93. The SMILES string of the molecule is Cc1cc(-c2nnco2)ccc1NS(=O)(=O)CCCCl. The van der Waals surface area contributed by atoms with Crippen molar-refractivity contribution in [2.24, 2.45) is 0 Å². The number of nitrogens with one attached hydrogen (secondary N) is 1. The van der Waals surface area contributed by atoms with E-state index in [9.17, 15) is 8.42 Å². The molecular formula is C12H14ClN3O3S. The summed E-state index contributed by atoms with van der Waals surface area (Å²) in [5.74, 6) is 0.710. The fourth-order valence-corrected chi connectivity index (χ4v) is 3.16. The van der Waals surface area contributed by atoms with Crippen molar-refractivity contribution in [2.75, 3.05) is 16.4 Å². The molecule has 2 rings (SSSR count). The second kappa shape index (κ2) is 6.23. The molecule has 1 aromatic heterocycles. The van der Waals surface area contributed by atoms with E-state index in [0.29, 0.717) is 23.9 Å². The summed E-state index contributed by atoms with van der Waals surface area (Å²) in [6, 6.07) is 5.18. The van der Waals surface area contributed by atoms with Crippen LogP contribution in [0.2, 0.25) is 0 Å². The van der Waals surface area contributed by atoms with Crippen LogP contribution in [0.25, 0.3) is 11.5 Å². The van der Waals surface area contributed by atoms with Crippen LogP contribution in [0, 0.1) is 6.92 Å². The molecule has 0 amide bonds. The third-order valence-electron chi connectivity index (χ3n) is 2.65. The summed E-state index contributed by atoms with van der Waals surface area (Å²) in [5, 5.41) is 7.41. The standard InChI is InChI=1S/C12H14ClN3O3S/c1-9-7-10(12-15-14-8-19-12)3-4-11(9)16-20(17,18)6-2-5-13/h3-4,7-8,16H,2,5-6H2,1H3. The Morgan fingerprint density at radius 2 is 2.20 bits per heavy atom. The van der Waals surface area contributed by atoms with Gasteiger partial charge in [-0.15, -0.1) is 21.8 Å². The zero-order valence-corrected chi connectivity index (χ0v) is 12.4. The van der Waals surface area contributed by atoms with E-state index in [1.54, 1.807) is 25.1 Å². The van der Waals surface area contributed by atoms with Crippen LogP contribution in [-0.4, -0.2) is 30.2 Å². The lowest BCUT2D eigenvalue weighted by atomic mass is 10.1. The van der Waals surface area contributed by atoms with Gasteiger partial charge in [-0.3, -0.25) is 4.72 Å². The number of aromatic nitrogens is 2. The first-order valence-electron chi connectivity index (χ1n) is 5.95. The number of alkyl halides is 1. The molecular weight excluding hydrogens is 302 g/mol. The molecule has 0 unspecified atom stereocenters. The summed E-state index contributed by atoms with van der Waals surface area (Å²) in [6.45, 7) is 1.80. The first kappa shape index (κ1) is 14.8. The third kappa shape index (κ3) is 3.71. The molecule has 0 aliphatic carbocycles. The van der Waals surface area contributed by atoms with Crippen LogP contribution in [0.1, 0.15) is 12.0 Å². The highest BCUT2D eigenvalue weighted by Crippen LogP contribution is 2.24. The molecule has 0 aliphatic heterocycles. The Morgan fingerprint density at radius 1 is 1.40 bits per heavy atom. The molecule has 0 spiro atoms. The molecule has 6 nitrogen and oxygen atoms in total. The number of hydrogen-bond donors (Lipinski definition) is 1. The van der Waals surface area contributed by atoms with Gasteiger partial charge in [0.05, 0.1) is 11.4 Å². The number of hydrogen-bond acceptors (Lipinski definition) is 5. The molecule has 0 aliphatic rings. The van der Waals surface area contributed by atoms with Gasteiger partial charge in [-0.2, -0.15) is 0 Å². The van der Waals surface area contributed by atoms with Crippen LogP contribution in [-0.2, 0) is 10.0 Å². The Kier molecular flexibility index (Phi) is 4.61. The number of halogens is 1. The number of anilines is 1. The van der Waals surface area contributed by atoms with Gasteiger partial charge in [0.2, 0.25) is 22.3 Å². The highest BCUT2D eigenvalue weighted by molar-refractivity contribution is 7.92. The summed E-state index contributed by atoms with van der Waals surface area (Å²) in [7, 11) is -3.37. The zero-order valence-electron chi connectivity index (χ0n) is 10.8. The van der Waals surface area contributed by atoms with Crippen molar-refractivity contribution in [2.45, 2.75) is 13.3 Å². The van der Waals surface area contributed by atoms with Crippen molar-refractivity contribution in [3.8, 4) is 11.5 Å². The van der Waals surface area contributed by atoms with E-state index in [-0.39, 0.29) is 5.75 Å². The molecule has 108 valence electrons. The maximum absolute atomic E-state index is 11.8. The average molecular weight is 316 g/mol. The number of sulfonamides is 1. The first-order valence-corrected chi connectivity index (χ1v) is 8.14. The Hall–Kier alpha value is -1.60. The number of nitrogens with zero attached hydrogens (tertiary/aromatic N) is 2. The van der Waals surface area contributed by atoms with Crippen LogP contribution in [0.3, 0.4) is 0 Å². The molecule has 1 aromatic carbocycles. The highest BCUT2D eigenvalue weighted by atomic mass is 35.5. The molecule has 1 N–H and O–H groups in total. The molecule has 20 heavy (non-hydrogen) atoms. The van der Waals surface area contributed by atoms with Gasteiger partial charge in [-0.1, -0.05) is 0 Å². The predicted molar refractivity (Wildman–Crippen MR) is 77.2 cm³/mol. The number of benzene rings is 1. The molecule has 0 bridgehead atoms. The molecule has 0 atom stereocenters. The van der Waals surface area contributed by atoms with Gasteiger partial charge >= 0.3 is 0 Å². The topological polar surface area (TPSA) is 85.1 Å². The predicted octanol–water partition coefficient (Wildman–Crippen LogP) is 2.42. The normalized spacial score (nSPS) is 11.5. The molecule has 2 aromatic rings. The van der Waals surface area contributed by atoms with E-state index in [1.807, 2.05) is 0 Å². The van der Waals surface area contributed by atoms with E-state index >= 15 is 0 Å². The van der Waals surface area contributed by atoms with E-state index in [1.165, 1.54) is 6.39 Å². The maximum Gasteiger partial charge on any atom is 0.247 e. The summed E-state index contributed by atoms with van der Waals surface area (Å²) >= 11 is 5.50. The van der Waals surface area contributed by atoms with E-state index in [4.69, 9.17) is 16.0 Å². The summed E-state index contributed by atoms with van der Waals surface area (Å²) in [5.41, 5.74) is 2.04. The minimum Gasteiger partial charge on any atom is -0.423 e. The Labute approximate surface area is 122 Å². The maximum atomic E-state index is 11.8. The first-order chi connectivity index (χ1) is 9.52. The highest BCUT2D eigenvalue weighted by Gasteiger charge is 2.12. The van der Waals surface area contributed by atoms with Crippen molar-refractivity contribution >= 4 is 27.3 Å². The van der Waals surface area contributed by atoms with Gasteiger partial charge in [0.25, 0.3) is 0 Å². The van der Waals surface area contributed by atoms with Crippen LogP contribution in [0.5, 0.6) is 0 Å². The van der Waals surface area contributed by atoms with Gasteiger partial charge in [0, 0.05) is 11.4 Å². The van der Waals surface area contributed by atoms with E-state index in [2.05, 4.69) is 14.9 Å².